The summed E-state index contributed by atoms with van der Waals surface area (Å²) in [6, 6.07) is 10.0. The van der Waals surface area contributed by atoms with Gasteiger partial charge in [0.05, 0.1) is 25.3 Å². The number of methoxy groups -OCH3 is 1. The van der Waals surface area contributed by atoms with E-state index in [2.05, 4.69) is 4.98 Å². The number of amides is 1. The number of carbonyl (C=O) groups is 1. The Bertz CT molecular complexity index is 646. The van der Waals surface area contributed by atoms with E-state index in [1.165, 1.54) is 19.2 Å². The van der Waals surface area contributed by atoms with Crippen LogP contribution in [0.3, 0.4) is 0 Å². The number of benzene rings is 1. The summed E-state index contributed by atoms with van der Waals surface area (Å²) in [6.45, 7) is 1.91. The fourth-order valence-electron chi connectivity index (χ4n) is 2.16. The van der Waals surface area contributed by atoms with Crippen molar-refractivity contribution in [2.75, 3.05) is 14.2 Å². The second-order valence-corrected chi connectivity index (χ2v) is 5.08. The fourth-order valence-corrected chi connectivity index (χ4v) is 2.16. The van der Waals surface area contributed by atoms with Crippen LogP contribution in [0, 0.1) is 5.82 Å². The lowest BCUT2D eigenvalue weighted by Gasteiger charge is -2.24. The first-order chi connectivity index (χ1) is 10.5. The minimum Gasteiger partial charge on any atom is -0.494 e. The number of likely N-dealkylation sites (N-methyl/N-ethyl adjacent to an activating group) is 1. The molecule has 0 spiro atoms. The van der Waals surface area contributed by atoms with E-state index in [1.54, 1.807) is 24.2 Å². The molecule has 0 fully saturated rings. The number of pyridine rings is 1. The Morgan fingerprint density at radius 3 is 2.73 bits per heavy atom. The highest BCUT2D eigenvalue weighted by Crippen LogP contribution is 2.20. The number of hydrogen-bond acceptors (Lipinski definition) is 3. The quantitative estimate of drug-likeness (QED) is 0.852. The van der Waals surface area contributed by atoms with E-state index >= 15 is 0 Å². The van der Waals surface area contributed by atoms with Crippen LogP contribution in [0.1, 0.15) is 24.2 Å². The lowest BCUT2D eigenvalue weighted by atomic mass is 10.1. The van der Waals surface area contributed by atoms with Gasteiger partial charge in [-0.3, -0.25) is 9.78 Å². The molecular formula is C17H19FN2O2. The topological polar surface area (TPSA) is 42.4 Å². The molecule has 0 N–H and O–H groups in total. The smallest absolute Gasteiger partial charge is 0.227 e. The lowest BCUT2D eigenvalue weighted by Crippen LogP contribution is -2.31. The molecule has 0 saturated carbocycles. The SMILES string of the molecule is COc1ccc(CC(=O)N(C)C(C)c2ccccn2)cc1F. The summed E-state index contributed by atoms with van der Waals surface area (Å²) in [5.41, 5.74) is 1.43. The van der Waals surface area contributed by atoms with Crippen molar-refractivity contribution in [1.82, 2.24) is 9.88 Å². The van der Waals surface area contributed by atoms with Crippen LogP contribution in [0.25, 0.3) is 0 Å². The van der Waals surface area contributed by atoms with E-state index in [9.17, 15) is 9.18 Å². The molecule has 0 aliphatic rings. The first-order valence-electron chi connectivity index (χ1n) is 7.02. The van der Waals surface area contributed by atoms with Crippen molar-refractivity contribution in [2.45, 2.75) is 19.4 Å². The summed E-state index contributed by atoms with van der Waals surface area (Å²) in [7, 11) is 3.13. The van der Waals surface area contributed by atoms with Crippen LogP contribution < -0.4 is 4.74 Å². The van der Waals surface area contributed by atoms with Crippen molar-refractivity contribution in [3.8, 4) is 5.75 Å². The monoisotopic (exact) mass is 302 g/mol. The van der Waals surface area contributed by atoms with E-state index in [0.29, 0.717) is 5.56 Å². The van der Waals surface area contributed by atoms with Crippen molar-refractivity contribution in [3.05, 3.63) is 59.7 Å². The summed E-state index contributed by atoms with van der Waals surface area (Å²) < 4.78 is 18.5. The Balaban J connectivity index is 2.07. The molecule has 0 bridgehead atoms. The molecule has 1 atom stereocenters. The molecule has 1 heterocycles. The maximum atomic E-state index is 13.7. The average Bonchev–Trinajstić information content (AvgIpc) is 2.54. The molecule has 0 aliphatic heterocycles. The Morgan fingerprint density at radius 2 is 2.14 bits per heavy atom. The van der Waals surface area contributed by atoms with Crippen LogP contribution in [-0.4, -0.2) is 29.9 Å². The van der Waals surface area contributed by atoms with Gasteiger partial charge in [0.1, 0.15) is 0 Å². The van der Waals surface area contributed by atoms with Gasteiger partial charge >= 0.3 is 0 Å². The van der Waals surface area contributed by atoms with E-state index in [-0.39, 0.29) is 24.1 Å². The van der Waals surface area contributed by atoms with Crippen molar-refractivity contribution >= 4 is 5.91 Å². The average molecular weight is 302 g/mol. The molecule has 1 aromatic carbocycles. The van der Waals surface area contributed by atoms with Crippen molar-refractivity contribution < 1.29 is 13.9 Å². The van der Waals surface area contributed by atoms with Crippen LogP contribution in [0.5, 0.6) is 5.75 Å². The van der Waals surface area contributed by atoms with Crippen LogP contribution in [0.2, 0.25) is 0 Å². The lowest BCUT2D eigenvalue weighted by molar-refractivity contribution is -0.131. The van der Waals surface area contributed by atoms with Gasteiger partial charge < -0.3 is 9.64 Å². The minimum atomic E-state index is -0.465. The molecule has 1 amide bonds. The molecule has 1 unspecified atom stereocenters. The van der Waals surface area contributed by atoms with Crippen LogP contribution in [0.4, 0.5) is 4.39 Å². The van der Waals surface area contributed by atoms with Crippen LogP contribution in [0.15, 0.2) is 42.6 Å². The molecule has 0 saturated heterocycles. The van der Waals surface area contributed by atoms with Gasteiger partial charge in [-0.1, -0.05) is 12.1 Å². The van der Waals surface area contributed by atoms with Crippen molar-refractivity contribution in [2.24, 2.45) is 0 Å². The zero-order chi connectivity index (χ0) is 16.1. The zero-order valence-corrected chi connectivity index (χ0v) is 12.9. The largest absolute Gasteiger partial charge is 0.494 e. The summed E-state index contributed by atoms with van der Waals surface area (Å²) in [4.78, 5) is 18.2. The van der Waals surface area contributed by atoms with Gasteiger partial charge in [0.2, 0.25) is 5.91 Å². The van der Waals surface area contributed by atoms with E-state index in [0.717, 1.165) is 5.69 Å². The number of carbonyl (C=O) groups excluding carboxylic acids is 1. The summed E-state index contributed by atoms with van der Waals surface area (Å²) in [6.07, 6.45) is 1.83. The Labute approximate surface area is 129 Å². The van der Waals surface area contributed by atoms with E-state index in [4.69, 9.17) is 4.74 Å². The fraction of sp³-hybridized carbons (Fsp3) is 0.294. The maximum Gasteiger partial charge on any atom is 0.227 e. The number of hydrogen-bond donors (Lipinski definition) is 0. The Morgan fingerprint density at radius 1 is 1.36 bits per heavy atom. The first-order valence-corrected chi connectivity index (χ1v) is 7.02. The predicted octanol–water partition coefficient (Wildman–Crippen LogP) is 2.99. The molecule has 22 heavy (non-hydrogen) atoms. The zero-order valence-electron chi connectivity index (χ0n) is 12.9. The highest BCUT2D eigenvalue weighted by Gasteiger charge is 2.18. The van der Waals surface area contributed by atoms with Gasteiger partial charge in [-0.2, -0.15) is 0 Å². The van der Waals surface area contributed by atoms with Gasteiger partial charge in [0.25, 0.3) is 0 Å². The van der Waals surface area contributed by atoms with Gasteiger partial charge in [-0.25, -0.2) is 4.39 Å². The van der Waals surface area contributed by atoms with Crippen molar-refractivity contribution in [3.63, 3.8) is 0 Å². The van der Waals surface area contributed by atoms with Gasteiger partial charge in [0, 0.05) is 13.2 Å². The summed E-state index contributed by atoms with van der Waals surface area (Å²) in [5.74, 6) is -0.387. The molecular weight excluding hydrogens is 283 g/mol. The normalized spacial score (nSPS) is 11.8. The Kier molecular flexibility index (Phi) is 5.09. The molecule has 0 radical (unpaired) electrons. The number of halogens is 1. The number of rotatable bonds is 5. The van der Waals surface area contributed by atoms with Gasteiger partial charge in [0.15, 0.2) is 11.6 Å². The summed E-state index contributed by atoms with van der Waals surface area (Å²) >= 11 is 0. The van der Waals surface area contributed by atoms with Crippen LogP contribution >= 0.6 is 0 Å². The first kappa shape index (κ1) is 15.9. The van der Waals surface area contributed by atoms with E-state index < -0.39 is 5.82 Å². The highest BCUT2D eigenvalue weighted by molar-refractivity contribution is 5.79. The van der Waals surface area contributed by atoms with E-state index in [1.807, 2.05) is 25.1 Å². The molecule has 0 aliphatic carbocycles. The molecule has 5 heteroatoms. The third kappa shape index (κ3) is 3.61. The standard InChI is InChI=1S/C17H19FN2O2/c1-12(15-6-4-5-9-19-15)20(2)17(21)11-13-7-8-16(22-3)14(18)10-13/h4-10,12H,11H2,1-3H3. The number of aromatic nitrogens is 1. The van der Waals surface area contributed by atoms with Crippen molar-refractivity contribution in [1.29, 1.82) is 0 Å². The third-order valence-corrected chi connectivity index (χ3v) is 3.66. The van der Waals surface area contributed by atoms with Gasteiger partial charge in [-0.05, 0) is 36.8 Å². The van der Waals surface area contributed by atoms with Gasteiger partial charge in [-0.15, -0.1) is 0 Å². The number of nitrogens with zero attached hydrogens (tertiary/aromatic N) is 2. The minimum absolute atomic E-state index is 0.0947. The molecule has 2 rings (SSSR count). The highest BCUT2D eigenvalue weighted by atomic mass is 19.1. The second kappa shape index (κ2) is 7.02. The molecule has 4 nitrogen and oxygen atoms in total. The summed E-state index contributed by atoms with van der Waals surface area (Å²) in [5, 5.41) is 0. The van der Waals surface area contributed by atoms with Crippen LogP contribution in [-0.2, 0) is 11.2 Å². The Hall–Kier alpha value is -2.43. The number of ether oxygens (including phenoxy) is 1. The molecule has 1 aromatic heterocycles. The maximum absolute atomic E-state index is 13.7. The predicted molar refractivity (Wildman–Crippen MR) is 82.1 cm³/mol. The second-order valence-electron chi connectivity index (χ2n) is 5.08. The third-order valence-electron chi connectivity index (χ3n) is 3.66. The molecule has 2 aromatic rings. The molecule has 116 valence electrons.